The van der Waals surface area contributed by atoms with Crippen LogP contribution in [-0.4, -0.2) is 34.8 Å². The zero-order valence-corrected chi connectivity index (χ0v) is 16.2. The fourth-order valence-electron chi connectivity index (χ4n) is 2.94. The van der Waals surface area contributed by atoms with Crippen LogP contribution in [0.1, 0.15) is 35.0 Å². The van der Waals surface area contributed by atoms with E-state index in [-0.39, 0.29) is 17.5 Å². The van der Waals surface area contributed by atoms with Crippen molar-refractivity contribution in [2.45, 2.75) is 25.0 Å². The minimum Gasteiger partial charge on any atom is -0.493 e. The number of ether oxygens (including phenoxy) is 2. The molecule has 30 heavy (non-hydrogen) atoms. The predicted molar refractivity (Wildman–Crippen MR) is 106 cm³/mol. The van der Waals surface area contributed by atoms with E-state index >= 15 is 0 Å². The molecular weight excluding hydrogens is 389 g/mol. The van der Waals surface area contributed by atoms with Gasteiger partial charge in [-0.05, 0) is 37.1 Å². The van der Waals surface area contributed by atoms with Gasteiger partial charge in [0.15, 0.2) is 5.75 Å². The van der Waals surface area contributed by atoms with Crippen molar-refractivity contribution in [3.05, 3.63) is 77.9 Å². The van der Waals surface area contributed by atoms with Crippen LogP contribution >= 0.6 is 0 Å². The average molecular weight is 409 g/mol. The minimum atomic E-state index is -1.23. The van der Waals surface area contributed by atoms with Crippen LogP contribution in [0.25, 0.3) is 5.69 Å². The number of methoxy groups -OCH3 is 1. The Bertz CT molecular complexity index is 1050. The van der Waals surface area contributed by atoms with Gasteiger partial charge in [-0.2, -0.15) is 5.10 Å². The van der Waals surface area contributed by atoms with Crippen LogP contribution in [0.3, 0.4) is 0 Å². The molecule has 1 amide bonds. The lowest BCUT2D eigenvalue weighted by atomic mass is 10.1. The van der Waals surface area contributed by atoms with Gasteiger partial charge in [0, 0.05) is 11.6 Å². The largest absolute Gasteiger partial charge is 0.493 e. The topological polar surface area (TPSA) is 82.5 Å². The Kier molecular flexibility index (Phi) is 5.47. The Morgan fingerprint density at radius 1 is 1.13 bits per heavy atom. The molecule has 1 fully saturated rings. The first-order valence-electron chi connectivity index (χ1n) is 9.51. The highest BCUT2D eigenvalue weighted by Crippen LogP contribution is 2.26. The molecule has 1 aromatic heterocycles. The Morgan fingerprint density at radius 3 is 2.47 bits per heavy atom. The van der Waals surface area contributed by atoms with Crippen LogP contribution < -0.4 is 10.1 Å². The quantitative estimate of drug-likeness (QED) is 0.606. The number of aromatic nitrogens is 2. The number of carbonyl (C=O) groups excluding carboxylic acids is 2. The van der Waals surface area contributed by atoms with E-state index in [4.69, 9.17) is 9.47 Å². The lowest BCUT2D eigenvalue weighted by molar-refractivity contribution is -0.130. The third-order valence-corrected chi connectivity index (χ3v) is 4.67. The molecule has 1 aliphatic rings. The van der Waals surface area contributed by atoms with Gasteiger partial charge in [0.25, 0.3) is 5.91 Å². The summed E-state index contributed by atoms with van der Waals surface area (Å²) < 4.78 is 25.6. The molecular formula is C22H20FN3O4. The van der Waals surface area contributed by atoms with Crippen LogP contribution in [-0.2, 0) is 9.53 Å². The smallest absolute Gasteiger partial charge is 0.363 e. The number of nitrogens with one attached hydrogen (secondary N) is 1. The first-order valence-corrected chi connectivity index (χ1v) is 9.51. The molecule has 1 N–H and O–H groups in total. The van der Waals surface area contributed by atoms with Gasteiger partial charge in [0.1, 0.15) is 5.82 Å². The Morgan fingerprint density at radius 2 is 1.83 bits per heavy atom. The number of rotatable bonds is 7. The van der Waals surface area contributed by atoms with E-state index in [9.17, 15) is 14.0 Å². The van der Waals surface area contributed by atoms with Crippen molar-refractivity contribution in [2.75, 3.05) is 7.11 Å². The maximum atomic E-state index is 13.3. The zero-order valence-electron chi connectivity index (χ0n) is 16.2. The van der Waals surface area contributed by atoms with Crippen LogP contribution in [0.5, 0.6) is 5.75 Å². The summed E-state index contributed by atoms with van der Waals surface area (Å²) in [6, 6.07) is 14.5. The van der Waals surface area contributed by atoms with Gasteiger partial charge >= 0.3 is 5.97 Å². The second-order valence-electron chi connectivity index (χ2n) is 6.95. The maximum Gasteiger partial charge on any atom is 0.363 e. The predicted octanol–water partition coefficient (Wildman–Crippen LogP) is 3.20. The summed E-state index contributed by atoms with van der Waals surface area (Å²) in [6.07, 6.45) is 2.09. The second kappa shape index (κ2) is 8.36. The average Bonchev–Trinajstić information content (AvgIpc) is 3.47. The molecule has 0 spiro atoms. The fraction of sp³-hybridized carbons (Fsp3) is 0.227. The molecule has 1 aliphatic carbocycles. The second-order valence-corrected chi connectivity index (χ2v) is 6.95. The summed E-state index contributed by atoms with van der Waals surface area (Å²) in [5, 5.41) is 7.09. The van der Waals surface area contributed by atoms with Crippen LogP contribution in [0.4, 0.5) is 4.39 Å². The lowest BCUT2D eigenvalue weighted by Gasteiger charge is -2.17. The van der Waals surface area contributed by atoms with E-state index in [1.54, 1.807) is 6.20 Å². The highest BCUT2D eigenvalue weighted by atomic mass is 19.1. The Hall–Kier alpha value is -3.68. The van der Waals surface area contributed by atoms with E-state index in [1.165, 1.54) is 36.1 Å². The molecule has 1 heterocycles. The molecule has 3 aromatic rings. The Labute approximate surface area is 172 Å². The lowest BCUT2D eigenvalue weighted by Crippen LogP contribution is -2.33. The van der Waals surface area contributed by atoms with Crippen LogP contribution in [0.15, 0.2) is 60.8 Å². The van der Waals surface area contributed by atoms with Gasteiger partial charge in [-0.1, -0.05) is 30.3 Å². The maximum absolute atomic E-state index is 13.3. The summed E-state index contributed by atoms with van der Waals surface area (Å²) in [7, 11) is 1.42. The van der Waals surface area contributed by atoms with Gasteiger partial charge in [0.05, 0.1) is 19.0 Å². The summed E-state index contributed by atoms with van der Waals surface area (Å²) in [4.78, 5) is 25.6. The number of halogens is 1. The number of para-hydroxylation sites is 1. The van der Waals surface area contributed by atoms with E-state index in [0.29, 0.717) is 5.56 Å². The van der Waals surface area contributed by atoms with Gasteiger partial charge in [-0.25, -0.2) is 13.9 Å². The van der Waals surface area contributed by atoms with Crippen LogP contribution in [0, 0.1) is 5.82 Å². The van der Waals surface area contributed by atoms with E-state index < -0.39 is 23.8 Å². The van der Waals surface area contributed by atoms with E-state index in [0.717, 1.165) is 18.5 Å². The van der Waals surface area contributed by atoms with Crippen molar-refractivity contribution < 1.29 is 23.5 Å². The summed E-state index contributed by atoms with van der Waals surface area (Å²) >= 11 is 0. The first kappa shape index (κ1) is 19.6. The molecule has 1 unspecified atom stereocenters. The molecule has 0 saturated heterocycles. The summed E-state index contributed by atoms with van der Waals surface area (Å²) in [5.74, 6) is -1.51. The van der Waals surface area contributed by atoms with Crippen LogP contribution in [0.2, 0.25) is 0 Å². The fourth-order valence-corrected chi connectivity index (χ4v) is 2.94. The van der Waals surface area contributed by atoms with Gasteiger partial charge in [-0.15, -0.1) is 0 Å². The zero-order chi connectivity index (χ0) is 21.1. The summed E-state index contributed by atoms with van der Waals surface area (Å²) in [6.45, 7) is 0. The number of esters is 1. The molecule has 0 radical (unpaired) electrons. The minimum absolute atomic E-state index is 0.0623. The molecule has 0 bridgehead atoms. The third kappa shape index (κ3) is 4.32. The van der Waals surface area contributed by atoms with Crippen molar-refractivity contribution in [1.82, 2.24) is 15.1 Å². The molecule has 8 heteroatoms. The molecule has 154 valence electrons. The number of nitrogens with zero attached hydrogens (tertiary/aromatic N) is 2. The third-order valence-electron chi connectivity index (χ3n) is 4.67. The molecule has 0 aliphatic heterocycles. The number of benzene rings is 2. The standard InChI is InChI=1S/C22H20FN3O4/c1-29-18-13-26(17-5-3-2-4-6-17)25-19(18)22(28)30-20(21(27)24-16-11-12-16)14-7-9-15(23)10-8-14/h2-10,13,16,20H,11-12H2,1H3,(H,24,27). The number of carbonyl (C=O) groups is 2. The number of hydrogen-bond acceptors (Lipinski definition) is 5. The molecule has 7 nitrogen and oxygen atoms in total. The highest BCUT2D eigenvalue weighted by molar-refractivity contribution is 5.93. The highest BCUT2D eigenvalue weighted by Gasteiger charge is 2.32. The van der Waals surface area contributed by atoms with E-state index in [2.05, 4.69) is 10.4 Å². The van der Waals surface area contributed by atoms with E-state index in [1.807, 2.05) is 30.3 Å². The van der Waals surface area contributed by atoms with Gasteiger partial charge in [-0.3, -0.25) is 4.79 Å². The molecule has 4 rings (SSSR count). The molecule has 1 atom stereocenters. The van der Waals surface area contributed by atoms with Crippen molar-refractivity contribution in [1.29, 1.82) is 0 Å². The number of hydrogen-bond donors (Lipinski definition) is 1. The van der Waals surface area contributed by atoms with Gasteiger partial charge in [0.2, 0.25) is 11.8 Å². The van der Waals surface area contributed by atoms with Gasteiger partial charge < -0.3 is 14.8 Å². The first-order chi connectivity index (χ1) is 14.5. The number of amides is 1. The monoisotopic (exact) mass is 409 g/mol. The summed E-state index contributed by atoms with van der Waals surface area (Å²) in [5.41, 5.74) is 1.04. The van der Waals surface area contributed by atoms with Crippen molar-refractivity contribution >= 4 is 11.9 Å². The normalized spacial score (nSPS) is 14.1. The van der Waals surface area contributed by atoms with Crippen molar-refractivity contribution in [3.63, 3.8) is 0 Å². The molecule has 1 saturated carbocycles. The van der Waals surface area contributed by atoms with Crippen molar-refractivity contribution in [2.24, 2.45) is 0 Å². The molecule has 2 aromatic carbocycles. The van der Waals surface area contributed by atoms with Crippen molar-refractivity contribution in [3.8, 4) is 11.4 Å². The Balaban J connectivity index is 1.61. The SMILES string of the molecule is COc1cn(-c2ccccc2)nc1C(=O)OC(C(=O)NC1CC1)c1ccc(F)cc1.